The molecule has 15 nitrogen and oxygen atoms in total. The lowest BCUT2D eigenvalue weighted by Gasteiger charge is -2.29. The number of amides is 1. The number of carbonyl (C=O) groups excluding carboxylic acids is 3. The van der Waals surface area contributed by atoms with Gasteiger partial charge in [0.1, 0.15) is 35.5 Å². The van der Waals surface area contributed by atoms with Crippen LogP contribution in [0.5, 0.6) is 11.5 Å². The molecule has 0 unspecified atom stereocenters. The summed E-state index contributed by atoms with van der Waals surface area (Å²) >= 11 is 0. The average Bonchev–Trinajstić information content (AvgIpc) is 3.17. The van der Waals surface area contributed by atoms with Gasteiger partial charge in [0.05, 0.1) is 47.7 Å². The summed E-state index contributed by atoms with van der Waals surface area (Å²) in [5.74, 6) is 0.653. The van der Waals surface area contributed by atoms with Crippen LogP contribution in [0.3, 0.4) is 0 Å². The summed E-state index contributed by atoms with van der Waals surface area (Å²) in [5.41, 5.74) is 6.93. The maximum absolute atomic E-state index is 12.6. The van der Waals surface area contributed by atoms with E-state index in [-0.39, 0.29) is 54.4 Å². The molecule has 0 aliphatic carbocycles. The zero-order chi connectivity index (χ0) is 39.7. The van der Waals surface area contributed by atoms with Gasteiger partial charge in [-0.15, -0.1) is 0 Å². The van der Waals surface area contributed by atoms with E-state index in [1.165, 1.54) is 31.4 Å². The van der Waals surface area contributed by atoms with Crippen LogP contribution >= 0.6 is 0 Å². The highest BCUT2D eigenvalue weighted by molar-refractivity contribution is 5.99. The van der Waals surface area contributed by atoms with E-state index in [4.69, 9.17) is 21.9 Å². The van der Waals surface area contributed by atoms with Gasteiger partial charge in [-0.2, -0.15) is 0 Å². The van der Waals surface area contributed by atoms with Gasteiger partial charge in [0.2, 0.25) is 5.91 Å². The summed E-state index contributed by atoms with van der Waals surface area (Å²) in [4.78, 5) is 71.0. The lowest BCUT2D eigenvalue weighted by Crippen LogP contribution is -2.36. The molecule has 5 aromatic rings. The van der Waals surface area contributed by atoms with Crippen LogP contribution < -0.4 is 19.9 Å². The van der Waals surface area contributed by atoms with Crippen molar-refractivity contribution in [2.24, 2.45) is 0 Å². The molecule has 0 fully saturated rings. The molecule has 4 heterocycles. The van der Waals surface area contributed by atoms with Gasteiger partial charge in [0, 0.05) is 26.1 Å². The van der Waals surface area contributed by atoms with Crippen molar-refractivity contribution < 1.29 is 36.3 Å². The fourth-order valence-corrected chi connectivity index (χ4v) is 6.17. The molecule has 15 heteroatoms. The third-order valence-corrected chi connectivity index (χ3v) is 8.68. The minimum atomic E-state index is -0.640. The number of aryl methyl sites for hydroxylation is 4. The lowest BCUT2D eigenvalue weighted by atomic mass is 9.99. The monoisotopic (exact) mass is 729 g/mol. The van der Waals surface area contributed by atoms with Crippen LogP contribution in [0.2, 0.25) is 0 Å². The molecule has 1 amide bonds. The molecule has 0 radical (unpaired) electrons. The number of aromatic nitrogens is 6. The molecule has 0 bridgehead atoms. The summed E-state index contributed by atoms with van der Waals surface area (Å²) < 4.78 is 31.9. The van der Waals surface area contributed by atoms with Crippen molar-refractivity contribution in [2.45, 2.75) is 61.1 Å². The molecule has 0 N–H and O–H groups in total. The Morgan fingerprint density at radius 2 is 1.28 bits per heavy atom. The number of hydrogen-bond acceptors (Lipinski definition) is 13. The van der Waals surface area contributed by atoms with Crippen LogP contribution in [-0.4, -0.2) is 75.8 Å². The number of carbonyl (C=O) groups is 3. The molecular weight excluding hydrogens is 682 g/mol. The SMILES string of the molecule is C.COC(=O)c1ncnc2c1CCC(=O)N2Cc1c(C)cc(C)cc1OC.COC(=O)c1ncnc2c1ncc(=O)n2Cc1c(C)cc(C)cc1OC.[2H][2H]. The fraction of sp³-hybridized carbons (Fsp3) is 0.342. The normalized spacial score (nSPS) is 12.0. The molecular formula is C38H45N7O8. The number of anilines is 1. The van der Waals surface area contributed by atoms with Crippen molar-refractivity contribution in [3.63, 3.8) is 0 Å². The Labute approximate surface area is 310 Å². The average molecular weight is 730 g/mol. The molecule has 280 valence electrons. The Bertz CT molecular complexity index is 2270. The second-order valence-corrected chi connectivity index (χ2v) is 12.1. The third-order valence-electron chi connectivity index (χ3n) is 8.68. The first-order valence-electron chi connectivity index (χ1n) is 17.2. The van der Waals surface area contributed by atoms with E-state index >= 15 is 0 Å². The first kappa shape index (κ1) is 38.0. The molecule has 2 aromatic carbocycles. The van der Waals surface area contributed by atoms with Gasteiger partial charge in [0.25, 0.3) is 5.56 Å². The van der Waals surface area contributed by atoms with Gasteiger partial charge in [-0.3, -0.25) is 19.1 Å². The largest absolute Gasteiger partial charge is 0.496 e. The van der Waals surface area contributed by atoms with Gasteiger partial charge in [0.15, 0.2) is 17.0 Å². The number of nitrogens with zero attached hydrogens (tertiary/aromatic N) is 7. The number of benzene rings is 2. The van der Waals surface area contributed by atoms with Crippen LogP contribution in [0.25, 0.3) is 11.2 Å². The molecule has 0 saturated carbocycles. The van der Waals surface area contributed by atoms with Gasteiger partial charge < -0.3 is 18.9 Å². The molecule has 6 rings (SSSR count). The zero-order valence-electron chi connectivity index (χ0n) is 32.3. The van der Waals surface area contributed by atoms with Crippen LogP contribution in [0.1, 0.15) is 76.7 Å². The van der Waals surface area contributed by atoms with Crippen molar-refractivity contribution in [3.8, 4) is 11.5 Å². The number of ether oxygens (including phenoxy) is 4. The van der Waals surface area contributed by atoms with E-state index in [0.29, 0.717) is 30.1 Å². The predicted molar refractivity (Wildman–Crippen MR) is 199 cm³/mol. The van der Waals surface area contributed by atoms with Gasteiger partial charge in [-0.1, -0.05) is 19.6 Å². The number of esters is 2. The Balaban J connectivity index is 0.000000278. The number of fused-ring (bicyclic) bond motifs is 2. The molecule has 0 spiro atoms. The van der Waals surface area contributed by atoms with Gasteiger partial charge in [-0.25, -0.2) is 34.5 Å². The summed E-state index contributed by atoms with van der Waals surface area (Å²) in [7, 11) is 5.76. The molecule has 3 aromatic heterocycles. The molecule has 0 atom stereocenters. The second kappa shape index (κ2) is 16.8. The molecule has 1 aliphatic rings. The molecule has 0 saturated heterocycles. The predicted octanol–water partition coefficient (Wildman–Crippen LogP) is 4.90. The molecule has 1 aliphatic heterocycles. The highest BCUT2D eigenvalue weighted by Gasteiger charge is 2.31. The minimum Gasteiger partial charge on any atom is -0.496 e. The number of hydrogen-bond donors (Lipinski definition) is 0. The third kappa shape index (κ3) is 8.14. The Morgan fingerprint density at radius 3 is 1.87 bits per heavy atom. The van der Waals surface area contributed by atoms with Crippen LogP contribution in [0.15, 0.2) is 47.9 Å². The highest BCUT2D eigenvalue weighted by atomic mass is 16.5. The highest BCUT2D eigenvalue weighted by Crippen LogP contribution is 2.33. The number of rotatable bonds is 8. The van der Waals surface area contributed by atoms with Crippen molar-refractivity contribution in [1.29, 1.82) is 0 Å². The van der Waals surface area contributed by atoms with E-state index in [1.54, 1.807) is 19.1 Å². The van der Waals surface area contributed by atoms with Crippen LogP contribution in [0, 0.1) is 27.7 Å². The van der Waals surface area contributed by atoms with Gasteiger partial charge >= 0.3 is 11.9 Å². The zero-order valence-corrected chi connectivity index (χ0v) is 30.3. The topological polar surface area (TPSA) is 178 Å². The quantitative estimate of drug-likeness (QED) is 0.197. The molecule has 53 heavy (non-hydrogen) atoms. The Morgan fingerprint density at radius 1 is 0.736 bits per heavy atom. The van der Waals surface area contributed by atoms with Crippen LogP contribution in [0.4, 0.5) is 5.82 Å². The Kier molecular flexibility index (Phi) is 12.1. The van der Waals surface area contributed by atoms with E-state index in [1.807, 2.05) is 52.0 Å². The summed E-state index contributed by atoms with van der Waals surface area (Å²) in [6.45, 7) is 8.46. The van der Waals surface area contributed by atoms with E-state index < -0.39 is 11.9 Å². The van der Waals surface area contributed by atoms with Crippen molar-refractivity contribution in [1.82, 2.24) is 29.5 Å². The second-order valence-electron chi connectivity index (χ2n) is 12.1. The maximum Gasteiger partial charge on any atom is 0.359 e. The van der Waals surface area contributed by atoms with Crippen molar-refractivity contribution in [2.75, 3.05) is 33.3 Å². The lowest BCUT2D eigenvalue weighted by molar-refractivity contribution is -0.119. The maximum atomic E-state index is 12.6. The Hall–Kier alpha value is -6.25. The van der Waals surface area contributed by atoms with Crippen molar-refractivity contribution >= 4 is 34.8 Å². The standard InChI is InChI=1S/C19H21N3O4.C18H18N4O4.CH4.H2/c1-11-7-12(2)14(15(8-11)25-3)9-22-16(23)6-5-13-17(19(24)26-4)20-10-21-18(13)22;1-10-5-11(2)12(13(6-10)25-3)8-22-14(23)7-19-15-16(18(24)26-4)20-9-21-17(15)22;;/h7-8,10H,5-6,9H2,1-4H3;5-7,9H,8H2,1-4H3;1H4;1H/i;;;1+1D. The smallest absolute Gasteiger partial charge is 0.359 e. The van der Waals surface area contributed by atoms with Crippen molar-refractivity contribution in [3.05, 3.63) is 104 Å². The summed E-state index contributed by atoms with van der Waals surface area (Å²) in [6, 6.07) is 7.91. The van der Waals surface area contributed by atoms with Gasteiger partial charge in [-0.05, 0) is 68.5 Å². The van der Waals surface area contributed by atoms with Crippen LogP contribution in [-0.2, 0) is 33.8 Å². The number of methoxy groups -OCH3 is 4. The fourth-order valence-electron chi connectivity index (χ4n) is 6.17. The van der Waals surface area contributed by atoms with E-state index in [0.717, 1.165) is 45.3 Å². The van der Waals surface area contributed by atoms with E-state index in [2.05, 4.69) is 24.9 Å². The summed E-state index contributed by atoms with van der Waals surface area (Å²) in [6.07, 6.45) is 4.35. The van der Waals surface area contributed by atoms with E-state index in [9.17, 15) is 19.2 Å². The first-order valence-corrected chi connectivity index (χ1v) is 16.2. The summed E-state index contributed by atoms with van der Waals surface area (Å²) in [5, 5.41) is 0. The first-order chi connectivity index (χ1) is 25.9. The minimum absolute atomic E-state index is 0.